The van der Waals surface area contributed by atoms with E-state index in [2.05, 4.69) is 15.5 Å². The maximum atomic E-state index is 12.7. The van der Waals surface area contributed by atoms with Gasteiger partial charge in [0.25, 0.3) is 5.91 Å². The number of thioether (sulfide) groups is 1. The number of anilines is 1. The van der Waals surface area contributed by atoms with Gasteiger partial charge in [-0.3, -0.25) is 14.0 Å². The largest absolute Gasteiger partial charge is 0.462 e. The van der Waals surface area contributed by atoms with Crippen molar-refractivity contribution in [3.05, 3.63) is 51.9 Å². The minimum atomic E-state index is -0.671. The van der Waals surface area contributed by atoms with E-state index in [1.165, 1.54) is 11.8 Å². The van der Waals surface area contributed by atoms with Gasteiger partial charge in [-0.2, -0.15) is 0 Å². The van der Waals surface area contributed by atoms with Crippen LogP contribution in [0.1, 0.15) is 38.1 Å². The van der Waals surface area contributed by atoms with Crippen molar-refractivity contribution >= 4 is 62.4 Å². The van der Waals surface area contributed by atoms with E-state index in [0.29, 0.717) is 16.4 Å². The number of hydrogen-bond donors (Lipinski definition) is 2. The molecule has 0 radical (unpaired) electrons. The molecule has 0 aliphatic heterocycles. The molecular weight excluding hydrogens is 462 g/mol. The highest BCUT2D eigenvalue weighted by molar-refractivity contribution is 7.99. The average molecular weight is 484 g/mol. The maximum absolute atomic E-state index is 12.7. The van der Waals surface area contributed by atoms with Crippen molar-refractivity contribution in [2.24, 2.45) is 5.73 Å². The molecular formula is C22H21N5O4S2. The Labute approximate surface area is 197 Å². The molecule has 0 atom stereocenters. The Kier molecular flexibility index (Phi) is 6.34. The van der Waals surface area contributed by atoms with Crippen LogP contribution in [0, 0.1) is 13.8 Å². The number of aryl methyl sites for hydroxylation is 1. The number of pyridine rings is 1. The molecule has 2 amide bonds. The summed E-state index contributed by atoms with van der Waals surface area (Å²) in [7, 11) is 0. The summed E-state index contributed by atoms with van der Waals surface area (Å²) < 4.78 is 6.99. The number of rotatable bonds is 7. The Morgan fingerprint density at radius 3 is 2.70 bits per heavy atom. The molecule has 0 saturated carbocycles. The average Bonchev–Trinajstić information content (AvgIpc) is 3.33. The minimum absolute atomic E-state index is 0.0219. The number of nitrogens with two attached hydrogens (primary N) is 1. The highest BCUT2D eigenvalue weighted by Gasteiger charge is 2.26. The van der Waals surface area contributed by atoms with Gasteiger partial charge in [-0.15, -0.1) is 21.5 Å². The third-order valence-corrected chi connectivity index (χ3v) is 7.16. The minimum Gasteiger partial charge on any atom is -0.462 e. The molecule has 9 nitrogen and oxygen atoms in total. The van der Waals surface area contributed by atoms with E-state index < -0.39 is 11.9 Å². The highest BCUT2D eigenvalue weighted by Crippen LogP contribution is 2.34. The molecule has 3 N–H and O–H groups in total. The third-order valence-electron chi connectivity index (χ3n) is 5.01. The number of benzene rings is 1. The number of carbonyl (C=O) groups excluding carboxylic acids is 3. The van der Waals surface area contributed by atoms with Crippen LogP contribution >= 0.6 is 23.1 Å². The Balaban J connectivity index is 1.58. The number of primary amides is 1. The summed E-state index contributed by atoms with van der Waals surface area (Å²) in [6, 6.07) is 9.86. The number of hydrogen-bond acceptors (Lipinski definition) is 8. The third kappa shape index (κ3) is 4.29. The van der Waals surface area contributed by atoms with Crippen molar-refractivity contribution in [3.8, 4) is 0 Å². The molecule has 0 fully saturated rings. The van der Waals surface area contributed by atoms with Gasteiger partial charge in [0.15, 0.2) is 10.8 Å². The lowest BCUT2D eigenvalue weighted by atomic mass is 10.1. The van der Waals surface area contributed by atoms with Gasteiger partial charge in [-0.05, 0) is 44.0 Å². The second kappa shape index (κ2) is 9.20. The molecule has 33 heavy (non-hydrogen) atoms. The number of amides is 2. The summed E-state index contributed by atoms with van der Waals surface area (Å²) in [5.41, 5.74) is 8.68. The molecule has 11 heteroatoms. The fourth-order valence-electron chi connectivity index (χ4n) is 3.55. The zero-order valence-corrected chi connectivity index (χ0v) is 19.8. The number of carbonyl (C=O) groups is 3. The first kappa shape index (κ1) is 22.7. The molecule has 3 aromatic heterocycles. The smallest absolute Gasteiger partial charge is 0.341 e. The van der Waals surface area contributed by atoms with E-state index in [1.807, 2.05) is 41.7 Å². The first-order valence-electron chi connectivity index (χ1n) is 10.1. The summed E-state index contributed by atoms with van der Waals surface area (Å²) in [6.07, 6.45) is 0. The molecule has 0 unspecified atom stereocenters. The standard InChI is InChI=1S/C22H21N5O4S2/c1-4-31-21(30)17-12(3)18(19(23)29)33-20(17)24-16(28)10-32-22-26-25-15-9-11(2)13-7-5-6-8-14(13)27(15)22/h5-9H,4,10H2,1-3H3,(H2,23,29)(H,24,28). The van der Waals surface area contributed by atoms with E-state index in [-0.39, 0.29) is 33.7 Å². The Morgan fingerprint density at radius 1 is 1.21 bits per heavy atom. The Hall–Kier alpha value is -3.44. The van der Waals surface area contributed by atoms with Gasteiger partial charge in [-0.1, -0.05) is 30.0 Å². The topological polar surface area (TPSA) is 129 Å². The summed E-state index contributed by atoms with van der Waals surface area (Å²) in [4.78, 5) is 37.1. The van der Waals surface area contributed by atoms with Crippen LogP contribution in [-0.4, -0.2) is 44.7 Å². The highest BCUT2D eigenvalue weighted by atomic mass is 32.2. The molecule has 3 heterocycles. The van der Waals surface area contributed by atoms with E-state index in [0.717, 1.165) is 27.8 Å². The number of aromatic nitrogens is 3. The summed E-state index contributed by atoms with van der Waals surface area (Å²) in [5, 5.41) is 13.1. The predicted molar refractivity (Wildman–Crippen MR) is 128 cm³/mol. The molecule has 0 aliphatic carbocycles. The molecule has 4 rings (SSSR count). The van der Waals surface area contributed by atoms with Crippen LogP contribution in [0.15, 0.2) is 35.5 Å². The lowest BCUT2D eigenvalue weighted by molar-refractivity contribution is -0.113. The van der Waals surface area contributed by atoms with Crippen LogP contribution in [0.4, 0.5) is 5.00 Å². The zero-order chi connectivity index (χ0) is 23.7. The summed E-state index contributed by atoms with van der Waals surface area (Å²) in [5.74, 6) is -1.63. The fourth-order valence-corrected chi connectivity index (χ4v) is 5.36. The van der Waals surface area contributed by atoms with Crippen LogP contribution in [0.3, 0.4) is 0 Å². The van der Waals surface area contributed by atoms with Gasteiger partial charge in [-0.25, -0.2) is 4.79 Å². The fraction of sp³-hybridized carbons (Fsp3) is 0.227. The monoisotopic (exact) mass is 483 g/mol. The number of para-hydroxylation sites is 1. The normalized spacial score (nSPS) is 11.1. The van der Waals surface area contributed by atoms with Crippen LogP contribution in [0.2, 0.25) is 0 Å². The Morgan fingerprint density at radius 2 is 1.97 bits per heavy atom. The SMILES string of the molecule is CCOC(=O)c1c(NC(=O)CSc2nnc3cc(C)c4ccccc4n23)sc(C(N)=O)c1C. The number of fused-ring (bicyclic) bond motifs is 3. The number of nitrogens with zero attached hydrogens (tertiary/aromatic N) is 3. The molecule has 4 aromatic rings. The second-order valence-corrected chi connectivity index (χ2v) is 9.17. The van der Waals surface area contributed by atoms with Gasteiger partial charge in [0, 0.05) is 5.39 Å². The van der Waals surface area contributed by atoms with Crippen molar-refractivity contribution in [2.45, 2.75) is 25.9 Å². The molecule has 0 aliphatic rings. The summed E-state index contributed by atoms with van der Waals surface area (Å²) >= 11 is 2.18. The van der Waals surface area contributed by atoms with Crippen LogP contribution in [0.5, 0.6) is 0 Å². The van der Waals surface area contributed by atoms with Gasteiger partial charge < -0.3 is 15.8 Å². The van der Waals surface area contributed by atoms with Gasteiger partial charge in [0.2, 0.25) is 5.91 Å². The van der Waals surface area contributed by atoms with Crippen molar-refractivity contribution in [3.63, 3.8) is 0 Å². The molecule has 0 spiro atoms. The number of ether oxygens (including phenoxy) is 1. The van der Waals surface area contributed by atoms with E-state index >= 15 is 0 Å². The summed E-state index contributed by atoms with van der Waals surface area (Å²) in [6.45, 7) is 5.46. The predicted octanol–water partition coefficient (Wildman–Crippen LogP) is 3.57. The number of esters is 1. The van der Waals surface area contributed by atoms with E-state index in [4.69, 9.17) is 10.5 Å². The molecule has 1 aromatic carbocycles. The van der Waals surface area contributed by atoms with Gasteiger partial charge >= 0.3 is 5.97 Å². The number of nitrogens with one attached hydrogen (secondary N) is 1. The molecule has 0 saturated heterocycles. The first-order valence-corrected chi connectivity index (χ1v) is 11.9. The lowest BCUT2D eigenvalue weighted by Gasteiger charge is -2.08. The van der Waals surface area contributed by atoms with Crippen LogP contribution in [0.25, 0.3) is 16.6 Å². The van der Waals surface area contributed by atoms with Gasteiger partial charge in [0.05, 0.1) is 28.3 Å². The molecule has 170 valence electrons. The van der Waals surface area contributed by atoms with Crippen molar-refractivity contribution in [1.29, 1.82) is 0 Å². The lowest BCUT2D eigenvalue weighted by Crippen LogP contribution is -2.16. The van der Waals surface area contributed by atoms with E-state index in [1.54, 1.807) is 13.8 Å². The van der Waals surface area contributed by atoms with E-state index in [9.17, 15) is 14.4 Å². The quantitative estimate of drug-likeness (QED) is 0.304. The van der Waals surface area contributed by atoms with Crippen LogP contribution in [-0.2, 0) is 9.53 Å². The van der Waals surface area contributed by atoms with Crippen LogP contribution < -0.4 is 11.1 Å². The second-order valence-electron chi connectivity index (χ2n) is 7.20. The Bertz CT molecular complexity index is 1410. The van der Waals surface area contributed by atoms with Gasteiger partial charge in [0.1, 0.15) is 5.00 Å². The zero-order valence-electron chi connectivity index (χ0n) is 18.2. The maximum Gasteiger partial charge on any atom is 0.341 e. The van der Waals surface area contributed by atoms with Crippen molar-refractivity contribution in [1.82, 2.24) is 14.6 Å². The molecule has 0 bridgehead atoms. The van der Waals surface area contributed by atoms with Crippen molar-refractivity contribution in [2.75, 3.05) is 17.7 Å². The number of thiophene rings is 1. The van der Waals surface area contributed by atoms with Crippen molar-refractivity contribution < 1.29 is 19.1 Å². The first-order chi connectivity index (χ1) is 15.8.